The number of rotatable bonds is 4. The molecule has 2 N–H and O–H groups in total. The zero-order chi connectivity index (χ0) is 21.3. The third-order valence-corrected chi connectivity index (χ3v) is 5.61. The predicted molar refractivity (Wildman–Crippen MR) is 121 cm³/mol. The molecule has 0 spiro atoms. The number of aromatic nitrogens is 4. The van der Waals surface area contributed by atoms with Crippen LogP contribution in [-0.2, 0) is 0 Å². The Bertz CT molecular complexity index is 1100. The zero-order valence-electron chi connectivity index (χ0n) is 16.7. The van der Waals surface area contributed by atoms with Crippen LogP contribution in [0, 0.1) is 12.8 Å². The predicted octanol–water partition coefficient (Wildman–Crippen LogP) is 4.82. The van der Waals surface area contributed by atoms with E-state index in [1.165, 1.54) is 6.07 Å². The first-order valence-electron chi connectivity index (χ1n) is 9.81. The molecule has 1 aliphatic heterocycles. The third-order valence-electron chi connectivity index (χ3n) is 5.18. The van der Waals surface area contributed by atoms with Crippen LogP contribution in [0.3, 0.4) is 0 Å². The van der Waals surface area contributed by atoms with Gasteiger partial charge in [-0.3, -0.25) is 9.78 Å². The summed E-state index contributed by atoms with van der Waals surface area (Å²) in [5.41, 5.74) is 2.31. The maximum absolute atomic E-state index is 12.2. The highest BCUT2D eigenvalue weighted by molar-refractivity contribution is 6.35. The lowest BCUT2D eigenvalue weighted by Gasteiger charge is -2.30. The quantitative estimate of drug-likeness (QED) is 0.599. The van der Waals surface area contributed by atoms with Gasteiger partial charge in [-0.05, 0) is 43.9 Å². The maximum atomic E-state index is 12.2. The monoisotopic (exact) mass is 444 g/mol. The fourth-order valence-corrected chi connectivity index (χ4v) is 4.01. The van der Waals surface area contributed by atoms with E-state index in [4.69, 9.17) is 23.2 Å². The van der Waals surface area contributed by atoms with Crippen molar-refractivity contribution in [2.24, 2.45) is 5.92 Å². The zero-order valence-corrected chi connectivity index (χ0v) is 18.3. The molecule has 0 bridgehead atoms. The van der Waals surface area contributed by atoms with E-state index < -0.39 is 0 Å². The summed E-state index contributed by atoms with van der Waals surface area (Å²) in [6.45, 7) is 6.09. The van der Waals surface area contributed by atoms with Gasteiger partial charge in [0, 0.05) is 46.6 Å². The summed E-state index contributed by atoms with van der Waals surface area (Å²) in [7, 11) is 0. The summed E-state index contributed by atoms with van der Waals surface area (Å²) >= 11 is 12.1. The molecule has 156 valence electrons. The van der Waals surface area contributed by atoms with Crippen molar-refractivity contribution in [3.8, 4) is 11.3 Å². The number of piperidine rings is 1. The molecule has 0 radical (unpaired) electrons. The van der Waals surface area contributed by atoms with Gasteiger partial charge in [0.25, 0.3) is 5.56 Å². The normalized spacial score (nSPS) is 14.7. The number of hydrogen-bond donors (Lipinski definition) is 2. The second-order valence-electron chi connectivity index (χ2n) is 7.60. The molecule has 0 unspecified atom stereocenters. The average molecular weight is 445 g/mol. The first-order valence-corrected chi connectivity index (χ1v) is 10.6. The first-order chi connectivity index (χ1) is 14.4. The van der Waals surface area contributed by atoms with E-state index in [1.807, 2.05) is 6.92 Å². The lowest BCUT2D eigenvalue weighted by Crippen LogP contribution is -2.34. The van der Waals surface area contributed by atoms with Crippen LogP contribution in [0.15, 0.2) is 35.3 Å². The molecule has 7 nitrogen and oxygen atoms in total. The SMILES string of the molecule is Cc1nc(N2CCC(C)CC2)ncc1-c1cc(=O)[nH]c(Nc2cc(Cl)cc(Cl)c2)n1. The molecule has 4 rings (SSSR count). The fraction of sp³-hybridized carbons (Fsp3) is 0.333. The largest absolute Gasteiger partial charge is 0.341 e. The Balaban J connectivity index is 1.61. The lowest BCUT2D eigenvalue weighted by atomic mass is 10.00. The molecule has 1 fully saturated rings. The molecule has 9 heteroatoms. The minimum Gasteiger partial charge on any atom is -0.341 e. The number of aromatic amines is 1. The summed E-state index contributed by atoms with van der Waals surface area (Å²) in [6, 6.07) is 6.46. The number of nitrogens with one attached hydrogen (secondary N) is 2. The second-order valence-corrected chi connectivity index (χ2v) is 8.47. The van der Waals surface area contributed by atoms with E-state index in [1.54, 1.807) is 24.4 Å². The Kier molecular flexibility index (Phi) is 5.92. The number of benzene rings is 1. The Morgan fingerprint density at radius 1 is 1.10 bits per heavy atom. The van der Waals surface area contributed by atoms with Crippen molar-refractivity contribution in [1.29, 1.82) is 0 Å². The topological polar surface area (TPSA) is 86.8 Å². The van der Waals surface area contributed by atoms with Crippen molar-refractivity contribution in [1.82, 2.24) is 19.9 Å². The van der Waals surface area contributed by atoms with Crippen molar-refractivity contribution in [3.63, 3.8) is 0 Å². The molecule has 0 aliphatic carbocycles. The number of H-pyrrole nitrogens is 1. The molecule has 2 aromatic heterocycles. The molecule has 1 aromatic carbocycles. The Hall–Kier alpha value is -2.64. The van der Waals surface area contributed by atoms with E-state index in [0.29, 0.717) is 27.0 Å². The number of nitrogens with zero attached hydrogens (tertiary/aromatic N) is 4. The van der Waals surface area contributed by atoms with Gasteiger partial charge in [-0.25, -0.2) is 15.0 Å². The van der Waals surface area contributed by atoms with Crippen LogP contribution in [0.2, 0.25) is 10.0 Å². The van der Waals surface area contributed by atoms with Gasteiger partial charge >= 0.3 is 0 Å². The minimum absolute atomic E-state index is 0.282. The van der Waals surface area contributed by atoms with Crippen LogP contribution < -0.4 is 15.8 Å². The highest BCUT2D eigenvalue weighted by atomic mass is 35.5. The van der Waals surface area contributed by atoms with Crippen LogP contribution in [0.4, 0.5) is 17.6 Å². The van der Waals surface area contributed by atoms with Crippen molar-refractivity contribution in [2.75, 3.05) is 23.3 Å². The van der Waals surface area contributed by atoms with Gasteiger partial charge in [-0.2, -0.15) is 0 Å². The highest BCUT2D eigenvalue weighted by Crippen LogP contribution is 2.26. The highest BCUT2D eigenvalue weighted by Gasteiger charge is 2.19. The fourth-order valence-electron chi connectivity index (χ4n) is 3.48. The number of aryl methyl sites for hydroxylation is 1. The van der Waals surface area contributed by atoms with Crippen molar-refractivity contribution in [2.45, 2.75) is 26.7 Å². The van der Waals surface area contributed by atoms with E-state index in [0.717, 1.165) is 43.5 Å². The third kappa shape index (κ3) is 4.74. The van der Waals surface area contributed by atoms with Crippen molar-refractivity contribution in [3.05, 3.63) is 56.6 Å². The van der Waals surface area contributed by atoms with Gasteiger partial charge in [-0.1, -0.05) is 30.1 Å². The van der Waals surface area contributed by atoms with E-state index in [9.17, 15) is 4.79 Å². The van der Waals surface area contributed by atoms with Crippen LogP contribution in [0.1, 0.15) is 25.5 Å². The van der Waals surface area contributed by atoms with Crippen LogP contribution in [0.25, 0.3) is 11.3 Å². The average Bonchev–Trinajstić information content (AvgIpc) is 2.67. The number of halogens is 2. The van der Waals surface area contributed by atoms with E-state index in [-0.39, 0.29) is 11.5 Å². The number of hydrogen-bond acceptors (Lipinski definition) is 6. The summed E-state index contributed by atoms with van der Waals surface area (Å²) in [4.78, 5) is 30.8. The Morgan fingerprint density at radius 3 is 2.47 bits per heavy atom. The van der Waals surface area contributed by atoms with Gasteiger partial charge < -0.3 is 10.2 Å². The van der Waals surface area contributed by atoms with Crippen molar-refractivity contribution < 1.29 is 0 Å². The van der Waals surface area contributed by atoms with E-state index in [2.05, 4.69) is 37.1 Å². The molecule has 3 heterocycles. The van der Waals surface area contributed by atoms with Crippen molar-refractivity contribution >= 4 is 40.8 Å². The van der Waals surface area contributed by atoms with Crippen LogP contribution in [-0.4, -0.2) is 33.0 Å². The Morgan fingerprint density at radius 2 is 1.80 bits per heavy atom. The maximum Gasteiger partial charge on any atom is 0.252 e. The minimum atomic E-state index is -0.288. The smallest absolute Gasteiger partial charge is 0.252 e. The van der Waals surface area contributed by atoms with Gasteiger partial charge in [0.05, 0.1) is 11.4 Å². The van der Waals surface area contributed by atoms with Gasteiger partial charge in [0.2, 0.25) is 11.9 Å². The van der Waals surface area contributed by atoms with Gasteiger partial charge in [-0.15, -0.1) is 0 Å². The summed E-state index contributed by atoms with van der Waals surface area (Å²) in [6.07, 6.45) is 4.02. The standard InChI is InChI=1S/C21H22Cl2N6O/c1-12-3-5-29(6-4-12)21-24-11-17(13(2)25-21)18-10-19(30)28-20(27-18)26-16-8-14(22)7-15(23)9-16/h7-12H,3-6H2,1-2H3,(H2,26,27,28,30). The molecule has 0 saturated carbocycles. The van der Waals surface area contributed by atoms with Gasteiger partial charge in [0.1, 0.15) is 0 Å². The molecule has 30 heavy (non-hydrogen) atoms. The molecule has 1 saturated heterocycles. The molecule has 1 aliphatic rings. The number of anilines is 3. The van der Waals surface area contributed by atoms with E-state index >= 15 is 0 Å². The molecular weight excluding hydrogens is 423 g/mol. The first kappa shape index (κ1) is 20.6. The van der Waals surface area contributed by atoms with Crippen LogP contribution in [0.5, 0.6) is 0 Å². The Labute approximate surface area is 184 Å². The molecule has 0 amide bonds. The summed E-state index contributed by atoms with van der Waals surface area (Å²) in [5.74, 6) is 1.74. The molecule has 3 aromatic rings. The molecular formula is C21H22Cl2N6O. The summed E-state index contributed by atoms with van der Waals surface area (Å²) in [5, 5.41) is 4.00. The second kappa shape index (κ2) is 8.62. The summed E-state index contributed by atoms with van der Waals surface area (Å²) < 4.78 is 0. The van der Waals surface area contributed by atoms with Gasteiger partial charge in [0.15, 0.2) is 0 Å². The molecule has 0 atom stereocenters. The lowest BCUT2D eigenvalue weighted by molar-refractivity contribution is 0.434. The van der Waals surface area contributed by atoms with Crippen LogP contribution >= 0.6 is 23.2 Å².